The first-order valence-corrected chi connectivity index (χ1v) is 7.49. The average molecular weight is 282 g/mol. The Morgan fingerprint density at radius 1 is 1.16 bits per heavy atom. The first-order valence-electron chi connectivity index (χ1n) is 7.11. The van der Waals surface area contributed by atoms with Crippen LogP contribution in [-0.2, 0) is 6.54 Å². The van der Waals surface area contributed by atoms with E-state index in [4.69, 9.17) is 21.1 Å². The van der Waals surface area contributed by atoms with Crippen LogP contribution in [0.1, 0.15) is 31.2 Å². The van der Waals surface area contributed by atoms with Crippen molar-refractivity contribution in [1.82, 2.24) is 5.32 Å². The van der Waals surface area contributed by atoms with Crippen molar-refractivity contribution in [3.63, 3.8) is 0 Å². The van der Waals surface area contributed by atoms with Gasteiger partial charge in [-0.2, -0.15) is 0 Å². The molecule has 0 unspecified atom stereocenters. The molecule has 104 valence electrons. The van der Waals surface area contributed by atoms with E-state index in [0.29, 0.717) is 24.0 Å². The van der Waals surface area contributed by atoms with E-state index in [2.05, 4.69) is 5.32 Å². The van der Waals surface area contributed by atoms with Crippen LogP contribution in [0.3, 0.4) is 0 Å². The number of fused-ring (bicyclic) bond motifs is 1. The number of benzene rings is 1. The van der Waals surface area contributed by atoms with Crippen LogP contribution in [0.25, 0.3) is 0 Å². The molecule has 0 saturated heterocycles. The normalized spacial score (nSPS) is 18.8. The second kappa shape index (κ2) is 6.02. The molecule has 1 aromatic carbocycles. The number of ether oxygens (including phenoxy) is 2. The van der Waals surface area contributed by atoms with Crippen LogP contribution in [0.4, 0.5) is 0 Å². The zero-order chi connectivity index (χ0) is 13.1. The lowest BCUT2D eigenvalue weighted by molar-refractivity contribution is 0.171. The Balaban J connectivity index is 1.59. The minimum Gasteiger partial charge on any atom is -0.486 e. The van der Waals surface area contributed by atoms with E-state index in [0.717, 1.165) is 30.3 Å². The van der Waals surface area contributed by atoms with Crippen molar-refractivity contribution in [3.05, 3.63) is 22.7 Å². The maximum Gasteiger partial charge on any atom is 0.179 e. The summed E-state index contributed by atoms with van der Waals surface area (Å²) in [6.45, 7) is 3.12. The summed E-state index contributed by atoms with van der Waals surface area (Å²) in [5, 5.41) is 4.17. The maximum absolute atomic E-state index is 6.22. The monoisotopic (exact) mass is 281 g/mol. The van der Waals surface area contributed by atoms with Crippen molar-refractivity contribution in [2.75, 3.05) is 19.8 Å². The lowest BCUT2D eigenvalue weighted by Gasteiger charge is -2.20. The number of hydrogen-bond donors (Lipinski definition) is 1. The molecule has 1 heterocycles. The summed E-state index contributed by atoms with van der Waals surface area (Å²) >= 11 is 6.22. The molecule has 1 fully saturated rings. The number of rotatable bonds is 4. The van der Waals surface area contributed by atoms with E-state index < -0.39 is 0 Å². The fourth-order valence-corrected chi connectivity index (χ4v) is 3.19. The first-order chi connectivity index (χ1) is 9.33. The highest BCUT2D eigenvalue weighted by molar-refractivity contribution is 6.32. The van der Waals surface area contributed by atoms with Crippen LogP contribution in [-0.4, -0.2) is 19.8 Å². The summed E-state index contributed by atoms with van der Waals surface area (Å²) in [6.07, 6.45) is 5.52. The molecule has 1 N–H and O–H groups in total. The highest BCUT2D eigenvalue weighted by Gasteiger charge is 2.17. The zero-order valence-electron chi connectivity index (χ0n) is 11.1. The topological polar surface area (TPSA) is 30.5 Å². The molecular weight excluding hydrogens is 262 g/mol. The van der Waals surface area contributed by atoms with Gasteiger partial charge in [-0.05, 0) is 43.0 Å². The molecule has 19 heavy (non-hydrogen) atoms. The molecule has 1 aliphatic carbocycles. The summed E-state index contributed by atoms with van der Waals surface area (Å²) in [4.78, 5) is 0. The van der Waals surface area contributed by atoms with Gasteiger partial charge in [-0.15, -0.1) is 0 Å². The third-order valence-electron chi connectivity index (χ3n) is 3.89. The molecule has 0 atom stereocenters. The average Bonchev–Trinajstić information content (AvgIpc) is 2.92. The molecule has 3 rings (SSSR count). The Bertz CT molecular complexity index is 444. The predicted octanol–water partition coefficient (Wildman–Crippen LogP) is 3.39. The molecule has 1 aliphatic heterocycles. The minimum atomic E-state index is 0.575. The van der Waals surface area contributed by atoms with Crippen LogP contribution in [0.15, 0.2) is 12.1 Å². The van der Waals surface area contributed by atoms with Gasteiger partial charge in [0, 0.05) is 6.54 Å². The quantitative estimate of drug-likeness (QED) is 0.918. The van der Waals surface area contributed by atoms with E-state index in [1.54, 1.807) is 0 Å². The van der Waals surface area contributed by atoms with Gasteiger partial charge in [0.25, 0.3) is 0 Å². The van der Waals surface area contributed by atoms with Crippen molar-refractivity contribution in [1.29, 1.82) is 0 Å². The van der Waals surface area contributed by atoms with Gasteiger partial charge in [-0.25, -0.2) is 0 Å². The standard InChI is InChI=1S/C15H20ClNO2/c16-13-7-12(8-14-15(13)19-6-5-18-14)10-17-9-11-3-1-2-4-11/h7-8,11,17H,1-6,9-10H2. The van der Waals surface area contributed by atoms with Gasteiger partial charge in [-0.3, -0.25) is 0 Å². The summed E-state index contributed by atoms with van der Waals surface area (Å²) < 4.78 is 11.1. The van der Waals surface area contributed by atoms with Crippen LogP contribution in [0, 0.1) is 5.92 Å². The Labute approximate surface area is 119 Å². The van der Waals surface area contributed by atoms with Crippen molar-refractivity contribution in [2.24, 2.45) is 5.92 Å². The van der Waals surface area contributed by atoms with Crippen LogP contribution in [0.2, 0.25) is 5.02 Å². The third-order valence-corrected chi connectivity index (χ3v) is 4.17. The second-order valence-electron chi connectivity index (χ2n) is 5.38. The Kier molecular flexibility index (Phi) is 4.14. The first kappa shape index (κ1) is 13.1. The summed E-state index contributed by atoms with van der Waals surface area (Å²) in [6, 6.07) is 4.00. The van der Waals surface area contributed by atoms with Crippen molar-refractivity contribution in [2.45, 2.75) is 32.2 Å². The molecule has 2 aliphatic rings. The molecule has 0 spiro atoms. The fraction of sp³-hybridized carbons (Fsp3) is 0.600. The van der Waals surface area contributed by atoms with Crippen LogP contribution < -0.4 is 14.8 Å². The van der Waals surface area contributed by atoms with Crippen molar-refractivity contribution in [3.8, 4) is 11.5 Å². The van der Waals surface area contributed by atoms with Gasteiger partial charge in [0.2, 0.25) is 0 Å². The molecule has 1 saturated carbocycles. The molecule has 3 nitrogen and oxygen atoms in total. The molecule has 0 bridgehead atoms. The van der Waals surface area contributed by atoms with E-state index in [9.17, 15) is 0 Å². The van der Waals surface area contributed by atoms with Crippen molar-refractivity contribution >= 4 is 11.6 Å². The third kappa shape index (κ3) is 3.15. The smallest absolute Gasteiger partial charge is 0.179 e. The minimum absolute atomic E-state index is 0.575. The van der Waals surface area contributed by atoms with Gasteiger partial charge >= 0.3 is 0 Å². The number of nitrogens with one attached hydrogen (secondary N) is 1. The molecular formula is C15H20ClNO2. The van der Waals surface area contributed by atoms with Gasteiger partial charge in [0.15, 0.2) is 11.5 Å². The Morgan fingerprint density at radius 2 is 1.95 bits per heavy atom. The van der Waals surface area contributed by atoms with Gasteiger partial charge < -0.3 is 14.8 Å². The Morgan fingerprint density at radius 3 is 2.79 bits per heavy atom. The summed E-state index contributed by atoms with van der Waals surface area (Å²) in [5.74, 6) is 2.32. The van der Waals surface area contributed by atoms with E-state index in [1.807, 2.05) is 12.1 Å². The highest BCUT2D eigenvalue weighted by Crippen LogP contribution is 2.38. The second-order valence-corrected chi connectivity index (χ2v) is 5.79. The van der Waals surface area contributed by atoms with Gasteiger partial charge in [0.1, 0.15) is 13.2 Å². The molecule has 1 aromatic rings. The number of halogens is 1. The Hall–Kier alpha value is -0.930. The maximum atomic E-state index is 6.22. The largest absolute Gasteiger partial charge is 0.486 e. The van der Waals surface area contributed by atoms with Crippen molar-refractivity contribution < 1.29 is 9.47 Å². The molecule has 0 amide bonds. The van der Waals surface area contributed by atoms with Crippen LogP contribution in [0.5, 0.6) is 11.5 Å². The fourth-order valence-electron chi connectivity index (χ4n) is 2.90. The lowest BCUT2D eigenvalue weighted by atomic mass is 10.1. The SMILES string of the molecule is Clc1cc(CNCC2CCCC2)cc2c1OCCO2. The molecule has 0 aromatic heterocycles. The molecule has 4 heteroatoms. The predicted molar refractivity (Wildman–Crippen MR) is 76.1 cm³/mol. The summed E-state index contributed by atoms with van der Waals surface area (Å²) in [5.41, 5.74) is 1.16. The van der Waals surface area contributed by atoms with Gasteiger partial charge in [0.05, 0.1) is 5.02 Å². The van der Waals surface area contributed by atoms with Gasteiger partial charge in [-0.1, -0.05) is 24.4 Å². The van der Waals surface area contributed by atoms with E-state index in [-0.39, 0.29) is 0 Å². The van der Waals surface area contributed by atoms with E-state index in [1.165, 1.54) is 25.7 Å². The lowest BCUT2D eigenvalue weighted by Crippen LogP contribution is -2.21. The zero-order valence-corrected chi connectivity index (χ0v) is 11.8. The van der Waals surface area contributed by atoms with Crippen LogP contribution >= 0.6 is 11.6 Å². The summed E-state index contributed by atoms with van der Waals surface area (Å²) in [7, 11) is 0. The highest BCUT2D eigenvalue weighted by atomic mass is 35.5. The molecule has 0 radical (unpaired) electrons. The van der Waals surface area contributed by atoms with E-state index >= 15 is 0 Å². The number of hydrogen-bond acceptors (Lipinski definition) is 3.